The lowest BCUT2D eigenvalue weighted by molar-refractivity contribution is 0.0735. The topological polar surface area (TPSA) is 55.8 Å². The molecule has 0 bridgehead atoms. The van der Waals surface area contributed by atoms with Crippen molar-refractivity contribution >= 4 is 41.0 Å². The number of anilines is 1. The van der Waals surface area contributed by atoms with E-state index in [-0.39, 0.29) is 10.8 Å². The van der Waals surface area contributed by atoms with E-state index >= 15 is 0 Å². The van der Waals surface area contributed by atoms with Crippen molar-refractivity contribution in [1.29, 1.82) is 0 Å². The fraction of sp³-hybridized carbons (Fsp3) is 0.125. The SMILES string of the molecule is O=C(Oc1ccc(Cl)cc1Cl)c1cccc(N2CCOC2=O)c1. The van der Waals surface area contributed by atoms with Crippen LogP contribution in [0.15, 0.2) is 42.5 Å². The van der Waals surface area contributed by atoms with Gasteiger partial charge in [-0.2, -0.15) is 0 Å². The van der Waals surface area contributed by atoms with Gasteiger partial charge >= 0.3 is 12.1 Å². The third-order valence-corrected chi connectivity index (χ3v) is 3.78. The van der Waals surface area contributed by atoms with Gasteiger partial charge in [0.1, 0.15) is 12.4 Å². The van der Waals surface area contributed by atoms with Gasteiger partial charge in [-0.3, -0.25) is 4.90 Å². The summed E-state index contributed by atoms with van der Waals surface area (Å²) in [5.74, 6) is -0.365. The third kappa shape index (κ3) is 3.41. The smallest absolute Gasteiger partial charge is 0.414 e. The minimum atomic E-state index is -0.580. The Morgan fingerprint density at radius 2 is 2.00 bits per heavy atom. The number of halogens is 2. The van der Waals surface area contributed by atoms with E-state index in [9.17, 15) is 9.59 Å². The first-order chi connectivity index (χ1) is 11.0. The molecule has 23 heavy (non-hydrogen) atoms. The highest BCUT2D eigenvalue weighted by Crippen LogP contribution is 2.28. The zero-order chi connectivity index (χ0) is 16.4. The molecule has 0 atom stereocenters. The predicted octanol–water partition coefficient (Wildman–Crippen LogP) is 4.17. The molecule has 1 aliphatic rings. The van der Waals surface area contributed by atoms with E-state index in [4.69, 9.17) is 32.7 Å². The molecule has 1 saturated heterocycles. The number of amides is 1. The highest BCUT2D eigenvalue weighted by Gasteiger charge is 2.24. The van der Waals surface area contributed by atoms with Gasteiger partial charge in [0.2, 0.25) is 0 Å². The van der Waals surface area contributed by atoms with Gasteiger partial charge in [0, 0.05) is 10.7 Å². The molecule has 3 rings (SSSR count). The summed E-state index contributed by atoms with van der Waals surface area (Å²) in [5, 5.41) is 0.689. The molecule has 118 valence electrons. The third-order valence-electron chi connectivity index (χ3n) is 3.25. The Morgan fingerprint density at radius 3 is 2.70 bits per heavy atom. The number of rotatable bonds is 3. The van der Waals surface area contributed by atoms with E-state index < -0.39 is 12.1 Å². The number of esters is 1. The molecular formula is C16H11Cl2NO4. The molecule has 0 aliphatic carbocycles. The van der Waals surface area contributed by atoms with Crippen LogP contribution in [-0.4, -0.2) is 25.2 Å². The maximum absolute atomic E-state index is 12.3. The molecule has 0 radical (unpaired) electrons. The standard InChI is InChI=1S/C16H11Cl2NO4/c17-11-4-5-14(13(18)9-11)23-15(20)10-2-1-3-12(8-10)19-6-7-22-16(19)21/h1-5,8-9H,6-7H2. The number of cyclic esters (lactones) is 1. The number of hydrogen-bond donors (Lipinski definition) is 0. The van der Waals surface area contributed by atoms with Crippen LogP contribution in [-0.2, 0) is 4.74 Å². The average Bonchev–Trinajstić information content (AvgIpc) is 2.96. The van der Waals surface area contributed by atoms with Crippen molar-refractivity contribution in [3.05, 3.63) is 58.1 Å². The van der Waals surface area contributed by atoms with Crippen LogP contribution in [0, 0.1) is 0 Å². The molecule has 1 fully saturated rings. The summed E-state index contributed by atoms with van der Waals surface area (Å²) in [7, 11) is 0. The maximum atomic E-state index is 12.3. The number of hydrogen-bond acceptors (Lipinski definition) is 4. The van der Waals surface area contributed by atoms with Gasteiger partial charge in [-0.15, -0.1) is 0 Å². The summed E-state index contributed by atoms with van der Waals surface area (Å²) in [5.41, 5.74) is 0.873. The number of ether oxygens (including phenoxy) is 2. The maximum Gasteiger partial charge on any atom is 0.414 e. The number of carbonyl (C=O) groups excluding carboxylic acids is 2. The first-order valence-corrected chi connectivity index (χ1v) is 7.52. The van der Waals surface area contributed by atoms with Gasteiger partial charge in [0.05, 0.1) is 17.1 Å². The lowest BCUT2D eigenvalue weighted by atomic mass is 10.2. The molecule has 0 spiro atoms. The Bertz CT molecular complexity index is 778. The van der Waals surface area contributed by atoms with Crippen LogP contribution in [0.5, 0.6) is 5.75 Å². The van der Waals surface area contributed by atoms with Crippen LogP contribution in [0.2, 0.25) is 10.0 Å². The zero-order valence-corrected chi connectivity index (χ0v) is 13.3. The highest BCUT2D eigenvalue weighted by atomic mass is 35.5. The molecule has 1 heterocycles. The van der Waals surface area contributed by atoms with E-state index in [0.29, 0.717) is 29.4 Å². The molecular weight excluding hydrogens is 341 g/mol. The molecule has 0 N–H and O–H groups in total. The largest absolute Gasteiger partial charge is 0.447 e. The van der Waals surface area contributed by atoms with E-state index in [1.165, 1.54) is 17.0 Å². The monoisotopic (exact) mass is 351 g/mol. The summed E-state index contributed by atoms with van der Waals surface area (Å²) in [6.07, 6.45) is -0.434. The molecule has 0 saturated carbocycles. The van der Waals surface area contributed by atoms with Crippen molar-refractivity contribution in [1.82, 2.24) is 0 Å². The molecule has 1 aliphatic heterocycles. The molecule has 2 aromatic carbocycles. The molecule has 7 heteroatoms. The Hall–Kier alpha value is -2.24. The summed E-state index contributed by atoms with van der Waals surface area (Å²) in [6, 6.07) is 11.1. The summed E-state index contributed by atoms with van der Waals surface area (Å²) < 4.78 is 10.2. The summed E-state index contributed by atoms with van der Waals surface area (Å²) >= 11 is 11.8. The average molecular weight is 352 g/mol. The first kappa shape index (κ1) is 15.6. The number of nitrogens with zero attached hydrogens (tertiary/aromatic N) is 1. The van der Waals surface area contributed by atoms with E-state index in [1.807, 2.05) is 0 Å². The number of carbonyl (C=O) groups is 2. The van der Waals surface area contributed by atoms with Gasteiger partial charge in [0.25, 0.3) is 0 Å². The van der Waals surface area contributed by atoms with Gasteiger partial charge in [-0.25, -0.2) is 9.59 Å². The minimum absolute atomic E-state index is 0.215. The van der Waals surface area contributed by atoms with Crippen molar-refractivity contribution in [2.45, 2.75) is 0 Å². The van der Waals surface area contributed by atoms with Crippen molar-refractivity contribution in [3.8, 4) is 5.75 Å². The zero-order valence-electron chi connectivity index (χ0n) is 11.8. The molecule has 0 unspecified atom stereocenters. The minimum Gasteiger partial charge on any atom is -0.447 e. The second-order valence-corrected chi connectivity index (χ2v) is 5.62. The fourth-order valence-electron chi connectivity index (χ4n) is 2.15. The Labute approximate surface area is 142 Å². The van der Waals surface area contributed by atoms with Gasteiger partial charge < -0.3 is 9.47 Å². The van der Waals surface area contributed by atoms with Crippen molar-refractivity contribution in [2.75, 3.05) is 18.1 Å². The molecule has 1 amide bonds. The lowest BCUT2D eigenvalue weighted by Gasteiger charge is -2.13. The summed E-state index contributed by atoms with van der Waals surface area (Å²) in [6.45, 7) is 0.772. The van der Waals surface area contributed by atoms with Crippen LogP contribution in [0.3, 0.4) is 0 Å². The second kappa shape index (κ2) is 6.48. The van der Waals surface area contributed by atoms with E-state index in [1.54, 1.807) is 30.3 Å². The van der Waals surface area contributed by atoms with E-state index in [0.717, 1.165) is 0 Å². The summed E-state index contributed by atoms with van der Waals surface area (Å²) in [4.78, 5) is 25.3. The first-order valence-electron chi connectivity index (χ1n) is 6.76. The molecule has 0 aromatic heterocycles. The van der Waals surface area contributed by atoms with Crippen LogP contribution in [0.25, 0.3) is 0 Å². The van der Waals surface area contributed by atoms with Crippen LogP contribution in [0.1, 0.15) is 10.4 Å². The number of benzene rings is 2. The van der Waals surface area contributed by atoms with Gasteiger partial charge in [-0.05, 0) is 36.4 Å². The molecule has 5 nitrogen and oxygen atoms in total. The van der Waals surface area contributed by atoms with Crippen LogP contribution >= 0.6 is 23.2 Å². The van der Waals surface area contributed by atoms with Crippen molar-refractivity contribution < 1.29 is 19.1 Å². The van der Waals surface area contributed by atoms with Crippen LogP contribution < -0.4 is 9.64 Å². The van der Waals surface area contributed by atoms with Crippen molar-refractivity contribution in [2.24, 2.45) is 0 Å². The van der Waals surface area contributed by atoms with Crippen LogP contribution in [0.4, 0.5) is 10.5 Å². The fourth-order valence-corrected chi connectivity index (χ4v) is 2.59. The second-order valence-electron chi connectivity index (χ2n) is 4.78. The van der Waals surface area contributed by atoms with Crippen molar-refractivity contribution in [3.63, 3.8) is 0 Å². The van der Waals surface area contributed by atoms with E-state index in [2.05, 4.69) is 0 Å². The molecule has 2 aromatic rings. The highest BCUT2D eigenvalue weighted by molar-refractivity contribution is 6.35. The Kier molecular flexibility index (Phi) is 4.41. The normalized spacial score (nSPS) is 13.8. The predicted molar refractivity (Wildman–Crippen MR) is 86.6 cm³/mol. The Morgan fingerprint density at radius 1 is 1.17 bits per heavy atom. The van der Waals surface area contributed by atoms with Gasteiger partial charge in [0.15, 0.2) is 0 Å². The Balaban J connectivity index is 1.81. The van der Waals surface area contributed by atoms with Gasteiger partial charge in [-0.1, -0.05) is 29.3 Å². The quantitative estimate of drug-likeness (QED) is 0.615. The lowest BCUT2D eigenvalue weighted by Crippen LogP contribution is -2.23.